The lowest BCUT2D eigenvalue weighted by atomic mass is 10.3. The van der Waals surface area contributed by atoms with E-state index in [9.17, 15) is 9.90 Å². The van der Waals surface area contributed by atoms with Crippen molar-refractivity contribution in [2.45, 2.75) is 19.6 Å². The number of para-hydroxylation sites is 1. The number of benzene rings is 1. The van der Waals surface area contributed by atoms with Gasteiger partial charge >= 0.3 is 6.03 Å². The van der Waals surface area contributed by atoms with Crippen molar-refractivity contribution < 1.29 is 9.90 Å². The second kappa shape index (κ2) is 6.85. The van der Waals surface area contributed by atoms with Crippen LogP contribution in [0.5, 0.6) is 0 Å². The third kappa shape index (κ3) is 4.03. The molecule has 1 heterocycles. The van der Waals surface area contributed by atoms with E-state index < -0.39 is 6.10 Å². The second-order valence-electron chi connectivity index (χ2n) is 4.84. The molecule has 0 saturated heterocycles. The van der Waals surface area contributed by atoms with Gasteiger partial charge in [-0.05, 0) is 19.1 Å². The van der Waals surface area contributed by atoms with E-state index in [1.807, 2.05) is 34.9 Å². The highest BCUT2D eigenvalue weighted by atomic mass is 16.3. The molecule has 0 radical (unpaired) electrons. The number of aliphatic hydroxyl groups excluding tert-OH is 1. The summed E-state index contributed by atoms with van der Waals surface area (Å²) in [5.41, 5.74) is 0.934. The van der Waals surface area contributed by atoms with Crippen LogP contribution in [0.4, 0.5) is 4.79 Å². The molecule has 1 atom stereocenters. The Bertz CT molecular complexity index is 582. The molecule has 21 heavy (non-hydrogen) atoms. The van der Waals surface area contributed by atoms with E-state index in [-0.39, 0.29) is 19.1 Å². The molecule has 0 spiro atoms. The fourth-order valence-electron chi connectivity index (χ4n) is 1.95. The molecule has 2 rings (SSSR count). The zero-order valence-electron chi connectivity index (χ0n) is 12.1. The van der Waals surface area contributed by atoms with Crippen molar-refractivity contribution in [3.63, 3.8) is 0 Å². The molecule has 2 amide bonds. The molecule has 0 aliphatic carbocycles. The lowest BCUT2D eigenvalue weighted by Gasteiger charge is -2.19. The number of hydrogen-bond acceptors (Lipinski definition) is 4. The largest absolute Gasteiger partial charge is 0.392 e. The van der Waals surface area contributed by atoms with E-state index in [1.165, 1.54) is 4.90 Å². The van der Waals surface area contributed by atoms with Crippen molar-refractivity contribution in [3.8, 4) is 5.69 Å². The van der Waals surface area contributed by atoms with Crippen molar-refractivity contribution in [2.75, 3.05) is 13.6 Å². The van der Waals surface area contributed by atoms with Gasteiger partial charge in [-0.1, -0.05) is 18.2 Å². The first-order valence-electron chi connectivity index (χ1n) is 6.69. The summed E-state index contributed by atoms with van der Waals surface area (Å²) in [6.07, 6.45) is 1.05. The quantitative estimate of drug-likeness (QED) is 0.852. The maximum Gasteiger partial charge on any atom is 0.317 e. The molecule has 0 fully saturated rings. The zero-order valence-corrected chi connectivity index (χ0v) is 12.1. The van der Waals surface area contributed by atoms with Crippen molar-refractivity contribution >= 4 is 6.03 Å². The van der Waals surface area contributed by atoms with E-state index in [2.05, 4.69) is 15.5 Å². The zero-order chi connectivity index (χ0) is 15.2. The van der Waals surface area contributed by atoms with E-state index in [0.29, 0.717) is 5.82 Å². The van der Waals surface area contributed by atoms with Gasteiger partial charge in [-0.3, -0.25) is 4.57 Å². The smallest absolute Gasteiger partial charge is 0.317 e. The van der Waals surface area contributed by atoms with Gasteiger partial charge in [-0.25, -0.2) is 4.79 Å². The minimum absolute atomic E-state index is 0.262. The molecule has 0 aliphatic rings. The molecule has 0 bridgehead atoms. The second-order valence-corrected chi connectivity index (χ2v) is 4.84. The van der Waals surface area contributed by atoms with Crippen LogP contribution in [0, 0.1) is 0 Å². The number of hydrogen-bond donors (Lipinski definition) is 2. The Hall–Kier alpha value is -2.41. The van der Waals surface area contributed by atoms with Crippen LogP contribution in [0.2, 0.25) is 0 Å². The molecule has 1 aromatic carbocycles. The summed E-state index contributed by atoms with van der Waals surface area (Å²) in [6, 6.07) is 9.39. The molecular weight excluding hydrogens is 270 g/mol. The van der Waals surface area contributed by atoms with E-state index in [4.69, 9.17) is 0 Å². The summed E-state index contributed by atoms with van der Waals surface area (Å²) in [7, 11) is 1.63. The van der Waals surface area contributed by atoms with Gasteiger partial charge in [-0.2, -0.15) is 0 Å². The van der Waals surface area contributed by atoms with Crippen LogP contribution in [0.3, 0.4) is 0 Å². The summed E-state index contributed by atoms with van der Waals surface area (Å²) < 4.78 is 1.81. The summed E-state index contributed by atoms with van der Waals surface area (Å²) in [5, 5.41) is 19.9. The highest BCUT2D eigenvalue weighted by Crippen LogP contribution is 2.08. The fraction of sp³-hybridized carbons (Fsp3) is 0.357. The topological polar surface area (TPSA) is 83.3 Å². The Morgan fingerprint density at radius 2 is 2.14 bits per heavy atom. The van der Waals surface area contributed by atoms with Crippen LogP contribution >= 0.6 is 0 Å². The van der Waals surface area contributed by atoms with Crippen LogP contribution in [0.1, 0.15) is 12.7 Å². The Morgan fingerprint density at radius 1 is 1.43 bits per heavy atom. The minimum Gasteiger partial charge on any atom is -0.392 e. The third-order valence-corrected chi connectivity index (χ3v) is 2.94. The Morgan fingerprint density at radius 3 is 2.81 bits per heavy atom. The number of urea groups is 1. The predicted molar refractivity (Wildman–Crippen MR) is 77.9 cm³/mol. The first-order valence-corrected chi connectivity index (χ1v) is 6.69. The number of rotatable bonds is 5. The average Bonchev–Trinajstić information content (AvgIpc) is 2.93. The maximum absolute atomic E-state index is 11.9. The lowest BCUT2D eigenvalue weighted by molar-refractivity contribution is 0.143. The van der Waals surface area contributed by atoms with E-state index in [1.54, 1.807) is 20.3 Å². The molecular formula is C14H19N5O2. The molecule has 1 aromatic heterocycles. The van der Waals surface area contributed by atoms with E-state index >= 15 is 0 Å². The van der Waals surface area contributed by atoms with Gasteiger partial charge in [0.1, 0.15) is 6.33 Å². The molecule has 112 valence electrons. The number of carbonyl (C=O) groups is 1. The summed E-state index contributed by atoms with van der Waals surface area (Å²) in [5.74, 6) is 0.639. The van der Waals surface area contributed by atoms with Gasteiger partial charge in [-0.15, -0.1) is 10.2 Å². The lowest BCUT2D eigenvalue weighted by Crippen LogP contribution is -2.40. The van der Waals surface area contributed by atoms with Crippen LogP contribution in [-0.4, -0.2) is 50.5 Å². The van der Waals surface area contributed by atoms with E-state index in [0.717, 1.165) is 5.69 Å². The van der Waals surface area contributed by atoms with Crippen LogP contribution in [0.15, 0.2) is 36.7 Å². The summed E-state index contributed by atoms with van der Waals surface area (Å²) >= 11 is 0. The Kier molecular flexibility index (Phi) is 4.89. The SMILES string of the molecule is CC(O)CN(C)C(=O)NCc1nncn1-c1ccccc1. The van der Waals surface area contributed by atoms with Crippen molar-refractivity contribution in [3.05, 3.63) is 42.5 Å². The Labute approximate surface area is 123 Å². The number of nitrogens with zero attached hydrogens (tertiary/aromatic N) is 4. The highest BCUT2D eigenvalue weighted by molar-refractivity contribution is 5.73. The normalized spacial score (nSPS) is 12.0. The van der Waals surface area contributed by atoms with Gasteiger partial charge in [0.25, 0.3) is 0 Å². The van der Waals surface area contributed by atoms with Crippen LogP contribution in [-0.2, 0) is 6.54 Å². The third-order valence-electron chi connectivity index (χ3n) is 2.94. The molecule has 0 saturated carbocycles. The number of likely N-dealkylation sites (N-methyl/N-ethyl adjacent to an activating group) is 1. The number of carbonyl (C=O) groups excluding carboxylic acids is 1. The molecule has 2 N–H and O–H groups in total. The number of aliphatic hydroxyl groups is 1. The molecule has 7 heteroatoms. The van der Waals surface area contributed by atoms with Gasteiger partial charge in [0, 0.05) is 19.3 Å². The van der Waals surface area contributed by atoms with Crippen LogP contribution in [0.25, 0.3) is 5.69 Å². The molecule has 0 aliphatic heterocycles. The molecule has 2 aromatic rings. The van der Waals surface area contributed by atoms with Crippen LogP contribution < -0.4 is 5.32 Å². The summed E-state index contributed by atoms with van der Waals surface area (Å²) in [4.78, 5) is 13.3. The predicted octanol–water partition coefficient (Wildman–Crippen LogP) is 0.789. The number of amides is 2. The number of nitrogens with one attached hydrogen (secondary N) is 1. The molecule has 1 unspecified atom stereocenters. The molecule has 7 nitrogen and oxygen atoms in total. The fourth-order valence-corrected chi connectivity index (χ4v) is 1.95. The highest BCUT2D eigenvalue weighted by Gasteiger charge is 2.12. The van der Waals surface area contributed by atoms with Crippen molar-refractivity contribution in [2.24, 2.45) is 0 Å². The minimum atomic E-state index is -0.561. The van der Waals surface area contributed by atoms with Gasteiger partial charge in [0.2, 0.25) is 0 Å². The first kappa shape index (κ1) is 15.0. The van der Waals surface area contributed by atoms with Gasteiger partial charge in [0.05, 0.1) is 12.6 Å². The van der Waals surface area contributed by atoms with Gasteiger partial charge < -0.3 is 15.3 Å². The number of aromatic nitrogens is 3. The van der Waals surface area contributed by atoms with Gasteiger partial charge in [0.15, 0.2) is 5.82 Å². The monoisotopic (exact) mass is 289 g/mol. The average molecular weight is 289 g/mol. The first-order chi connectivity index (χ1) is 10.1. The Balaban J connectivity index is 1.99. The standard InChI is InChI=1S/C14H19N5O2/c1-11(20)9-18(2)14(21)15-8-13-17-16-10-19(13)12-6-4-3-5-7-12/h3-7,10-11,20H,8-9H2,1-2H3,(H,15,21). The van der Waals surface area contributed by atoms with Crippen molar-refractivity contribution in [1.29, 1.82) is 0 Å². The van der Waals surface area contributed by atoms with Crippen molar-refractivity contribution in [1.82, 2.24) is 25.0 Å². The summed E-state index contributed by atoms with van der Waals surface area (Å²) in [6.45, 7) is 2.17. The maximum atomic E-state index is 11.9.